The van der Waals surface area contributed by atoms with Crippen LogP contribution in [0.4, 0.5) is 13.2 Å². The lowest BCUT2D eigenvalue weighted by molar-refractivity contribution is -0.192. The standard InChI is InChI=1S/C21H30N2O4.C2HF3O2/c1-25-19-4-2-16(3-5-19)11-22-12-18-15-27-14-17(20(18)13-22)10-21(24)23-6-8-26-9-7-23;3-2(4,5)1(6)7/h2-5,17-18,20H,6-15H2,1H3;(H,6,7)/t17-,18-,20+;/m1./s1. The van der Waals surface area contributed by atoms with Gasteiger partial charge in [0, 0.05) is 39.1 Å². The van der Waals surface area contributed by atoms with Gasteiger partial charge in [-0.15, -0.1) is 0 Å². The number of carboxylic acid groups (broad SMARTS) is 1. The molecular weight excluding hydrogens is 457 g/mol. The molecule has 0 aromatic heterocycles. The number of carbonyl (C=O) groups excluding carboxylic acids is 1. The van der Waals surface area contributed by atoms with Crippen LogP contribution in [0, 0.1) is 17.8 Å². The third-order valence-corrected chi connectivity index (χ3v) is 6.44. The zero-order valence-electron chi connectivity index (χ0n) is 19.1. The summed E-state index contributed by atoms with van der Waals surface area (Å²) in [6, 6.07) is 8.31. The Hall–Kier alpha value is -2.37. The predicted molar refractivity (Wildman–Crippen MR) is 115 cm³/mol. The van der Waals surface area contributed by atoms with Crippen LogP contribution in [0.2, 0.25) is 0 Å². The number of carboxylic acids is 1. The van der Waals surface area contributed by atoms with E-state index in [2.05, 4.69) is 17.0 Å². The van der Waals surface area contributed by atoms with Crippen LogP contribution in [0.1, 0.15) is 12.0 Å². The van der Waals surface area contributed by atoms with Crippen molar-refractivity contribution in [1.82, 2.24) is 9.80 Å². The SMILES string of the molecule is COc1ccc(CN2C[C@@H]3COC[C@@H](CC(=O)N4CCOCC4)[C@@H]3C2)cc1.O=C(O)C(F)(F)F. The van der Waals surface area contributed by atoms with Crippen LogP contribution in [0.25, 0.3) is 0 Å². The maximum Gasteiger partial charge on any atom is 0.490 e. The van der Waals surface area contributed by atoms with Crippen LogP contribution in [-0.4, -0.2) is 92.7 Å². The summed E-state index contributed by atoms with van der Waals surface area (Å²) in [5.74, 6) is -0.168. The summed E-state index contributed by atoms with van der Waals surface area (Å²) < 4.78 is 48.2. The highest BCUT2D eigenvalue weighted by atomic mass is 19.4. The molecule has 0 bridgehead atoms. The number of likely N-dealkylation sites (tertiary alicyclic amines) is 1. The molecule has 0 spiro atoms. The molecule has 3 aliphatic rings. The normalized spacial score (nSPS) is 25.2. The minimum Gasteiger partial charge on any atom is -0.497 e. The second-order valence-electron chi connectivity index (χ2n) is 8.76. The molecule has 1 aromatic carbocycles. The smallest absolute Gasteiger partial charge is 0.490 e. The molecule has 3 fully saturated rings. The van der Waals surface area contributed by atoms with Crippen molar-refractivity contribution in [3.8, 4) is 5.75 Å². The zero-order valence-corrected chi connectivity index (χ0v) is 19.1. The average molecular weight is 489 g/mol. The minimum absolute atomic E-state index is 0.265. The van der Waals surface area contributed by atoms with E-state index in [-0.39, 0.29) is 5.91 Å². The quantitative estimate of drug-likeness (QED) is 0.680. The second-order valence-corrected chi connectivity index (χ2v) is 8.76. The van der Waals surface area contributed by atoms with Gasteiger partial charge in [-0.3, -0.25) is 9.69 Å². The Morgan fingerprint density at radius 3 is 2.32 bits per heavy atom. The lowest BCUT2D eigenvalue weighted by atomic mass is 9.81. The van der Waals surface area contributed by atoms with E-state index in [1.54, 1.807) is 7.11 Å². The van der Waals surface area contributed by atoms with Gasteiger partial charge in [0.1, 0.15) is 5.75 Å². The number of rotatable bonds is 5. The fourth-order valence-corrected chi connectivity index (χ4v) is 4.69. The van der Waals surface area contributed by atoms with Crippen LogP contribution >= 0.6 is 0 Å². The first-order chi connectivity index (χ1) is 16.2. The van der Waals surface area contributed by atoms with Gasteiger partial charge in [-0.2, -0.15) is 13.2 Å². The van der Waals surface area contributed by atoms with Crippen molar-refractivity contribution in [3.63, 3.8) is 0 Å². The Morgan fingerprint density at radius 2 is 1.74 bits per heavy atom. The molecule has 190 valence electrons. The largest absolute Gasteiger partial charge is 0.497 e. The van der Waals surface area contributed by atoms with Crippen molar-refractivity contribution in [2.45, 2.75) is 19.1 Å². The van der Waals surface area contributed by atoms with Crippen LogP contribution in [0.5, 0.6) is 5.75 Å². The molecule has 0 aliphatic carbocycles. The molecule has 34 heavy (non-hydrogen) atoms. The summed E-state index contributed by atoms with van der Waals surface area (Å²) in [6.07, 6.45) is -4.47. The van der Waals surface area contributed by atoms with Crippen molar-refractivity contribution in [1.29, 1.82) is 0 Å². The van der Waals surface area contributed by atoms with Gasteiger partial charge in [-0.1, -0.05) is 12.1 Å². The maximum absolute atomic E-state index is 12.7. The predicted octanol–water partition coefficient (Wildman–Crippen LogP) is 2.27. The Morgan fingerprint density at radius 1 is 1.09 bits per heavy atom. The third-order valence-electron chi connectivity index (χ3n) is 6.44. The summed E-state index contributed by atoms with van der Waals surface area (Å²) >= 11 is 0. The van der Waals surface area contributed by atoms with Crippen LogP contribution < -0.4 is 4.74 Å². The van der Waals surface area contributed by atoms with Gasteiger partial charge in [-0.05, 0) is 35.4 Å². The van der Waals surface area contributed by atoms with Gasteiger partial charge < -0.3 is 24.2 Å². The minimum atomic E-state index is -5.08. The monoisotopic (exact) mass is 488 g/mol. The average Bonchev–Trinajstić information content (AvgIpc) is 3.23. The summed E-state index contributed by atoms with van der Waals surface area (Å²) in [5.41, 5.74) is 1.30. The molecule has 1 N–H and O–H groups in total. The maximum atomic E-state index is 12.7. The summed E-state index contributed by atoms with van der Waals surface area (Å²) in [4.78, 5) is 26.0. The number of hydrogen-bond donors (Lipinski definition) is 1. The van der Waals surface area contributed by atoms with Crippen LogP contribution in [0.15, 0.2) is 24.3 Å². The molecule has 11 heteroatoms. The van der Waals surface area contributed by atoms with Crippen molar-refractivity contribution < 1.29 is 42.1 Å². The summed E-state index contributed by atoms with van der Waals surface area (Å²) in [7, 11) is 1.69. The van der Waals surface area contributed by atoms with Gasteiger partial charge in [0.15, 0.2) is 0 Å². The lowest BCUT2D eigenvalue weighted by Crippen LogP contribution is -2.44. The zero-order chi connectivity index (χ0) is 24.7. The van der Waals surface area contributed by atoms with Gasteiger partial charge in [0.25, 0.3) is 0 Å². The number of ether oxygens (including phenoxy) is 3. The number of halogens is 3. The molecule has 3 saturated heterocycles. The first-order valence-corrected chi connectivity index (χ1v) is 11.3. The van der Waals surface area contributed by atoms with Crippen molar-refractivity contribution in [3.05, 3.63) is 29.8 Å². The molecule has 3 aliphatic heterocycles. The number of morpholine rings is 1. The van der Waals surface area contributed by atoms with E-state index in [4.69, 9.17) is 24.1 Å². The number of nitrogens with zero attached hydrogens (tertiary/aromatic N) is 2. The first-order valence-electron chi connectivity index (χ1n) is 11.3. The Labute approximate surface area is 196 Å². The molecule has 0 saturated carbocycles. The lowest BCUT2D eigenvalue weighted by Gasteiger charge is -2.35. The van der Waals surface area contributed by atoms with Gasteiger partial charge in [0.2, 0.25) is 5.91 Å². The fraction of sp³-hybridized carbons (Fsp3) is 0.652. The fourth-order valence-electron chi connectivity index (χ4n) is 4.69. The highest BCUT2D eigenvalue weighted by Gasteiger charge is 2.42. The number of fused-ring (bicyclic) bond motifs is 1. The summed E-state index contributed by atoms with van der Waals surface area (Å²) in [6.45, 7) is 7.37. The summed E-state index contributed by atoms with van der Waals surface area (Å²) in [5, 5.41) is 7.12. The second kappa shape index (κ2) is 11.9. The van der Waals surface area contributed by atoms with Gasteiger partial charge in [0.05, 0.1) is 33.5 Å². The number of amides is 1. The molecule has 3 heterocycles. The molecule has 1 amide bonds. The molecule has 1 aromatic rings. The van der Waals surface area contributed by atoms with Crippen molar-refractivity contribution in [2.24, 2.45) is 17.8 Å². The number of aliphatic carboxylic acids is 1. The van der Waals surface area contributed by atoms with E-state index < -0.39 is 12.1 Å². The Bertz CT molecular complexity index is 814. The van der Waals surface area contributed by atoms with E-state index in [0.717, 1.165) is 45.1 Å². The molecule has 3 atom stereocenters. The molecule has 8 nitrogen and oxygen atoms in total. The number of benzene rings is 1. The highest BCUT2D eigenvalue weighted by molar-refractivity contribution is 5.76. The first kappa shape index (κ1) is 26.2. The topological polar surface area (TPSA) is 88.5 Å². The number of carbonyl (C=O) groups is 2. The van der Waals surface area contributed by atoms with Crippen LogP contribution in [-0.2, 0) is 25.6 Å². The van der Waals surface area contributed by atoms with E-state index >= 15 is 0 Å². The third kappa shape index (κ3) is 7.31. The number of methoxy groups -OCH3 is 1. The van der Waals surface area contributed by atoms with Crippen molar-refractivity contribution in [2.75, 3.05) is 59.7 Å². The number of alkyl halides is 3. The Kier molecular flexibility index (Phi) is 9.15. The van der Waals surface area contributed by atoms with Gasteiger partial charge >= 0.3 is 12.1 Å². The molecule has 0 radical (unpaired) electrons. The van der Waals surface area contributed by atoms with E-state index in [9.17, 15) is 18.0 Å². The number of hydrogen-bond acceptors (Lipinski definition) is 6. The van der Waals surface area contributed by atoms with Crippen LogP contribution in [0.3, 0.4) is 0 Å². The molecular formula is C23H31F3N2O6. The van der Waals surface area contributed by atoms with E-state index in [1.165, 1.54) is 5.56 Å². The molecule has 0 unspecified atom stereocenters. The molecule has 4 rings (SSSR count). The highest BCUT2D eigenvalue weighted by Crippen LogP contribution is 2.36. The van der Waals surface area contributed by atoms with Gasteiger partial charge in [-0.25, -0.2) is 4.79 Å². The van der Waals surface area contributed by atoms with E-state index in [1.807, 2.05) is 17.0 Å². The van der Waals surface area contributed by atoms with E-state index in [0.29, 0.717) is 44.0 Å². The van der Waals surface area contributed by atoms with Crippen molar-refractivity contribution >= 4 is 11.9 Å². The Balaban J connectivity index is 0.000000406.